The van der Waals surface area contributed by atoms with E-state index in [1.54, 1.807) is 12.1 Å². The fraction of sp³-hybridized carbons (Fsp3) is 0.167. The number of amides is 1. The van der Waals surface area contributed by atoms with Gasteiger partial charge in [0, 0.05) is 11.6 Å². The van der Waals surface area contributed by atoms with Gasteiger partial charge in [-0.25, -0.2) is 4.79 Å². The second-order valence-corrected chi connectivity index (χ2v) is 5.35. The number of carbonyl (C=O) groups is 3. The zero-order valence-corrected chi connectivity index (χ0v) is 14.3. The highest BCUT2D eigenvalue weighted by Gasteiger charge is 2.16. The van der Waals surface area contributed by atoms with Gasteiger partial charge in [0.25, 0.3) is 11.6 Å². The number of ketones is 1. The van der Waals surface area contributed by atoms with Gasteiger partial charge in [-0.1, -0.05) is 12.1 Å². The lowest BCUT2D eigenvalue weighted by molar-refractivity contribution is -0.383. The molecule has 0 aliphatic rings. The Morgan fingerprint density at radius 2 is 1.70 bits per heavy atom. The number of ether oxygens (including phenoxy) is 2. The van der Waals surface area contributed by atoms with Gasteiger partial charge in [0.15, 0.2) is 19.0 Å². The predicted molar refractivity (Wildman–Crippen MR) is 94.6 cm³/mol. The van der Waals surface area contributed by atoms with Crippen molar-refractivity contribution in [2.75, 3.05) is 18.5 Å². The van der Waals surface area contributed by atoms with Gasteiger partial charge in [0.2, 0.25) is 0 Å². The normalized spacial score (nSPS) is 9.96. The van der Waals surface area contributed by atoms with Crippen LogP contribution in [-0.2, 0) is 14.3 Å². The van der Waals surface area contributed by atoms with E-state index in [1.165, 1.54) is 43.3 Å². The quantitative estimate of drug-likeness (QED) is 0.326. The Morgan fingerprint density at radius 3 is 2.33 bits per heavy atom. The summed E-state index contributed by atoms with van der Waals surface area (Å²) in [4.78, 5) is 44.8. The molecule has 9 nitrogen and oxygen atoms in total. The van der Waals surface area contributed by atoms with E-state index in [2.05, 4.69) is 5.32 Å². The van der Waals surface area contributed by atoms with Gasteiger partial charge in [0.1, 0.15) is 11.4 Å². The molecule has 27 heavy (non-hydrogen) atoms. The van der Waals surface area contributed by atoms with Crippen LogP contribution in [0.4, 0.5) is 11.4 Å². The van der Waals surface area contributed by atoms with Crippen molar-refractivity contribution in [3.05, 3.63) is 64.2 Å². The van der Waals surface area contributed by atoms with E-state index in [1.807, 2.05) is 0 Å². The molecule has 0 aliphatic heterocycles. The summed E-state index contributed by atoms with van der Waals surface area (Å²) < 4.78 is 9.96. The summed E-state index contributed by atoms with van der Waals surface area (Å²) in [6.07, 6.45) is 0. The predicted octanol–water partition coefficient (Wildman–Crippen LogP) is 2.36. The van der Waals surface area contributed by atoms with E-state index in [0.717, 1.165) is 0 Å². The minimum atomic E-state index is -0.789. The Morgan fingerprint density at radius 1 is 1.04 bits per heavy atom. The van der Waals surface area contributed by atoms with Crippen LogP contribution in [0, 0.1) is 10.1 Å². The van der Waals surface area contributed by atoms with Crippen molar-refractivity contribution < 1.29 is 28.8 Å². The molecule has 0 saturated heterocycles. The van der Waals surface area contributed by atoms with E-state index in [0.29, 0.717) is 11.3 Å². The largest absolute Gasteiger partial charge is 0.482 e. The Labute approximate surface area is 154 Å². The number of rotatable bonds is 8. The number of carbonyl (C=O) groups excluding carboxylic acids is 3. The van der Waals surface area contributed by atoms with Crippen LogP contribution >= 0.6 is 0 Å². The van der Waals surface area contributed by atoms with Crippen molar-refractivity contribution in [1.82, 2.24) is 0 Å². The number of benzene rings is 2. The SMILES string of the molecule is CC(=O)c1ccc(OCC(=O)OCC(=O)Nc2ccccc2[N+](=O)[O-])cc1. The van der Waals surface area contributed by atoms with Crippen LogP contribution in [-0.4, -0.2) is 35.8 Å². The lowest BCUT2D eigenvalue weighted by atomic mass is 10.1. The molecule has 1 N–H and O–H groups in total. The zero-order valence-electron chi connectivity index (χ0n) is 14.3. The third-order valence-electron chi connectivity index (χ3n) is 3.36. The minimum absolute atomic E-state index is 0.00496. The Balaban J connectivity index is 1.79. The van der Waals surface area contributed by atoms with Crippen LogP contribution < -0.4 is 10.1 Å². The fourth-order valence-corrected chi connectivity index (χ4v) is 2.04. The molecule has 0 spiro atoms. The summed E-state index contributed by atoms with van der Waals surface area (Å²) in [5.41, 5.74) is 0.247. The van der Waals surface area contributed by atoms with Crippen LogP contribution in [0.25, 0.3) is 0 Å². The molecular weight excluding hydrogens is 356 g/mol. The topological polar surface area (TPSA) is 125 Å². The van der Waals surface area contributed by atoms with Crippen molar-refractivity contribution in [1.29, 1.82) is 0 Å². The number of nitrogens with one attached hydrogen (secondary N) is 1. The Hall–Kier alpha value is -3.75. The van der Waals surface area contributed by atoms with Gasteiger partial charge in [0.05, 0.1) is 4.92 Å². The molecule has 0 radical (unpaired) electrons. The summed E-state index contributed by atoms with van der Waals surface area (Å²) >= 11 is 0. The van der Waals surface area contributed by atoms with Crippen LogP contribution in [0.15, 0.2) is 48.5 Å². The van der Waals surface area contributed by atoms with Gasteiger partial charge in [-0.2, -0.15) is 0 Å². The molecule has 1 amide bonds. The molecule has 0 bridgehead atoms. The van der Waals surface area contributed by atoms with Gasteiger partial charge >= 0.3 is 5.97 Å². The van der Waals surface area contributed by atoms with Gasteiger partial charge < -0.3 is 14.8 Å². The molecule has 0 atom stereocenters. The Kier molecular flexibility index (Phi) is 6.59. The van der Waals surface area contributed by atoms with Gasteiger partial charge in [-0.05, 0) is 37.3 Å². The second kappa shape index (κ2) is 9.09. The van der Waals surface area contributed by atoms with Crippen LogP contribution in [0.5, 0.6) is 5.75 Å². The minimum Gasteiger partial charge on any atom is -0.482 e. The third-order valence-corrected chi connectivity index (χ3v) is 3.36. The molecule has 2 rings (SSSR count). The van der Waals surface area contributed by atoms with Crippen molar-refractivity contribution in [3.63, 3.8) is 0 Å². The van der Waals surface area contributed by atoms with Crippen LogP contribution in [0.3, 0.4) is 0 Å². The molecular formula is C18H16N2O7. The molecule has 0 aliphatic carbocycles. The number of para-hydroxylation sites is 2. The number of hydrogen-bond donors (Lipinski definition) is 1. The molecule has 140 valence electrons. The summed E-state index contributed by atoms with van der Waals surface area (Å²) in [5.74, 6) is -1.24. The maximum Gasteiger partial charge on any atom is 0.344 e. The average molecular weight is 372 g/mol. The number of anilines is 1. The third kappa shape index (κ3) is 5.92. The van der Waals surface area contributed by atoms with Crippen molar-refractivity contribution >= 4 is 29.0 Å². The molecule has 0 fully saturated rings. The lowest BCUT2D eigenvalue weighted by Gasteiger charge is -2.08. The average Bonchev–Trinajstić information content (AvgIpc) is 2.65. The molecule has 0 unspecified atom stereocenters. The smallest absolute Gasteiger partial charge is 0.344 e. The maximum absolute atomic E-state index is 11.8. The second-order valence-electron chi connectivity index (χ2n) is 5.35. The maximum atomic E-state index is 11.8. The molecule has 2 aromatic carbocycles. The first-order chi connectivity index (χ1) is 12.9. The van der Waals surface area contributed by atoms with Crippen molar-refractivity contribution in [2.45, 2.75) is 6.92 Å². The number of nitro benzene ring substituents is 1. The van der Waals surface area contributed by atoms with Crippen molar-refractivity contribution in [2.24, 2.45) is 0 Å². The van der Waals surface area contributed by atoms with E-state index >= 15 is 0 Å². The fourth-order valence-electron chi connectivity index (χ4n) is 2.04. The van der Waals surface area contributed by atoms with E-state index in [4.69, 9.17) is 9.47 Å². The highest BCUT2D eigenvalue weighted by molar-refractivity contribution is 5.95. The van der Waals surface area contributed by atoms with E-state index in [9.17, 15) is 24.5 Å². The number of Topliss-reactive ketones (excluding diaryl/α,β-unsaturated/α-hetero) is 1. The number of nitrogens with zero attached hydrogens (tertiary/aromatic N) is 1. The van der Waals surface area contributed by atoms with E-state index < -0.39 is 30.0 Å². The first-order valence-corrected chi connectivity index (χ1v) is 7.79. The van der Waals surface area contributed by atoms with E-state index in [-0.39, 0.29) is 17.2 Å². The zero-order chi connectivity index (χ0) is 19.8. The number of hydrogen-bond acceptors (Lipinski definition) is 7. The number of esters is 1. The first kappa shape index (κ1) is 19.6. The summed E-state index contributed by atoms with van der Waals surface area (Å²) in [7, 11) is 0. The van der Waals surface area contributed by atoms with Crippen molar-refractivity contribution in [3.8, 4) is 5.75 Å². The number of nitro groups is 1. The van der Waals surface area contributed by atoms with Gasteiger partial charge in [-0.15, -0.1) is 0 Å². The molecule has 0 aromatic heterocycles. The summed E-state index contributed by atoms with van der Waals surface area (Å²) in [6.45, 7) is 0.387. The van der Waals surface area contributed by atoms with Crippen LogP contribution in [0.1, 0.15) is 17.3 Å². The lowest BCUT2D eigenvalue weighted by Crippen LogP contribution is -2.24. The summed E-state index contributed by atoms with van der Waals surface area (Å²) in [6, 6.07) is 11.8. The molecule has 0 saturated carbocycles. The highest BCUT2D eigenvalue weighted by Crippen LogP contribution is 2.22. The first-order valence-electron chi connectivity index (χ1n) is 7.79. The molecule has 2 aromatic rings. The Bertz CT molecular complexity index is 862. The standard InChI is InChI=1S/C18H16N2O7/c1-12(21)13-6-8-14(9-7-13)26-11-18(23)27-10-17(22)19-15-4-2-3-5-16(15)20(24)25/h2-9H,10-11H2,1H3,(H,19,22). The highest BCUT2D eigenvalue weighted by atomic mass is 16.6. The summed E-state index contributed by atoms with van der Waals surface area (Å²) in [5, 5.41) is 13.2. The monoisotopic (exact) mass is 372 g/mol. The molecule has 9 heteroatoms. The van der Waals surface area contributed by atoms with Crippen LogP contribution in [0.2, 0.25) is 0 Å². The molecule has 0 heterocycles. The van der Waals surface area contributed by atoms with Gasteiger partial charge in [-0.3, -0.25) is 19.7 Å².